The topological polar surface area (TPSA) is 87.0 Å². The fourth-order valence-corrected chi connectivity index (χ4v) is 4.17. The molecule has 1 aromatic rings. The summed E-state index contributed by atoms with van der Waals surface area (Å²) in [6.45, 7) is 8.11. The van der Waals surface area contributed by atoms with Gasteiger partial charge in [-0.15, -0.1) is 0 Å². The summed E-state index contributed by atoms with van der Waals surface area (Å²) in [5.41, 5.74) is 7.14. The average Bonchev–Trinajstić information content (AvgIpc) is 2.77. The highest BCUT2D eigenvalue weighted by Crippen LogP contribution is 2.24. The van der Waals surface area contributed by atoms with E-state index in [4.69, 9.17) is 5.73 Å². The molecule has 2 aliphatic rings. The van der Waals surface area contributed by atoms with Gasteiger partial charge in [0.05, 0.1) is 5.92 Å². The molecular weight excluding hydrogens is 380 g/mol. The molecule has 1 aromatic carbocycles. The normalized spacial score (nSPS) is 19.8. The van der Waals surface area contributed by atoms with Crippen LogP contribution in [0.4, 0.5) is 5.69 Å². The van der Waals surface area contributed by atoms with E-state index in [1.807, 2.05) is 34.1 Å². The van der Waals surface area contributed by atoms with Crippen molar-refractivity contribution >= 4 is 23.4 Å². The highest BCUT2D eigenvalue weighted by atomic mass is 16.2. The van der Waals surface area contributed by atoms with Crippen LogP contribution in [0.2, 0.25) is 0 Å². The van der Waals surface area contributed by atoms with Gasteiger partial charge >= 0.3 is 0 Å². The number of amides is 3. The van der Waals surface area contributed by atoms with Crippen LogP contribution in [0.5, 0.6) is 0 Å². The van der Waals surface area contributed by atoms with Gasteiger partial charge in [0.15, 0.2) is 0 Å². The van der Waals surface area contributed by atoms with Crippen LogP contribution in [0.1, 0.15) is 49.9 Å². The number of primary amides is 1. The largest absolute Gasteiger partial charge is 0.371 e. The Morgan fingerprint density at radius 1 is 1.00 bits per heavy atom. The van der Waals surface area contributed by atoms with Crippen molar-refractivity contribution in [3.63, 3.8) is 0 Å². The third-order valence-electron chi connectivity index (χ3n) is 6.16. The van der Waals surface area contributed by atoms with Gasteiger partial charge in [-0.1, -0.05) is 13.8 Å². The molecule has 2 N–H and O–H groups in total. The monoisotopic (exact) mass is 414 g/mol. The quantitative estimate of drug-likeness (QED) is 0.772. The Bertz CT molecular complexity index is 754. The lowest BCUT2D eigenvalue weighted by Crippen LogP contribution is -2.50. The van der Waals surface area contributed by atoms with Crippen LogP contribution in [0, 0.1) is 11.8 Å². The molecule has 0 bridgehead atoms. The molecule has 1 atom stereocenters. The minimum absolute atomic E-state index is 0.00415. The second-order valence-corrected chi connectivity index (χ2v) is 8.84. The van der Waals surface area contributed by atoms with E-state index < -0.39 is 0 Å². The molecule has 7 heteroatoms. The van der Waals surface area contributed by atoms with Crippen molar-refractivity contribution in [3.05, 3.63) is 29.8 Å². The predicted molar refractivity (Wildman–Crippen MR) is 117 cm³/mol. The Balaban J connectivity index is 1.53. The van der Waals surface area contributed by atoms with Crippen molar-refractivity contribution in [1.82, 2.24) is 9.80 Å². The Kier molecular flexibility index (Phi) is 7.34. The number of anilines is 1. The third kappa shape index (κ3) is 5.52. The SMILES string of the molecule is CC(C)CCC(=O)N1CCN(C(=O)c2ccc(N3CCC[C@H](C(N)=O)C3)cc2)CC1. The van der Waals surface area contributed by atoms with E-state index in [-0.39, 0.29) is 23.6 Å². The molecule has 30 heavy (non-hydrogen) atoms. The minimum atomic E-state index is -0.242. The molecule has 0 spiro atoms. The van der Waals surface area contributed by atoms with Gasteiger partial charge in [0.2, 0.25) is 11.8 Å². The molecule has 0 aromatic heterocycles. The molecule has 2 aliphatic heterocycles. The average molecular weight is 415 g/mol. The van der Waals surface area contributed by atoms with Gasteiger partial charge in [0, 0.05) is 56.9 Å². The Labute approximate surface area is 179 Å². The highest BCUT2D eigenvalue weighted by molar-refractivity contribution is 5.94. The van der Waals surface area contributed by atoms with E-state index in [1.165, 1.54) is 0 Å². The molecule has 0 radical (unpaired) electrons. The second-order valence-electron chi connectivity index (χ2n) is 8.84. The van der Waals surface area contributed by atoms with Crippen LogP contribution in [0.3, 0.4) is 0 Å². The summed E-state index contributed by atoms with van der Waals surface area (Å²) in [7, 11) is 0. The van der Waals surface area contributed by atoms with Crippen molar-refractivity contribution < 1.29 is 14.4 Å². The first-order valence-electron chi connectivity index (χ1n) is 11.1. The lowest BCUT2D eigenvalue weighted by Gasteiger charge is -2.35. The van der Waals surface area contributed by atoms with E-state index in [0.717, 1.165) is 31.5 Å². The van der Waals surface area contributed by atoms with Gasteiger partial charge < -0.3 is 20.4 Å². The van der Waals surface area contributed by atoms with Crippen molar-refractivity contribution in [1.29, 1.82) is 0 Å². The zero-order chi connectivity index (χ0) is 21.7. The minimum Gasteiger partial charge on any atom is -0.371 e. The van der Waals surface area contributed by atoms with Crippen LogP contribution in [0.25, 0.3) is 0 Å². The van der Waals surface area contributed by atoms with Crippen LogP contribution in [-0.2, 0) is 9.59 Å². The van der Waals surface area contributed by atoms with E-state index in [2.05, 4.69) is 18.7 Å². The molecule has 0 unspecified atom stereocenters. The summed E-state index contributed by atoms with van der Waals surface area (Å²) in [6.07, 6.45) is 3.27. The fourth-order valence-electron chi connectivity index (χ4n) is 4.17. The first-order chi connectivity index (χ1) is 14.3. The Hall–Kier alpha value is -2.57. The molecule has 164 valence electrons. The number of carbonyl (C=O) groups is 3. The van der Waals surface area contributed by atoms with Crippen molar-refractivity contribution in [2.75, 3.05) is 44.2 Å². The predicted octanol–water partition coefficient (Wildman–Crippen LogP) is 2.11. The molecule has 3 amide bonds. The number of piperazine rings is 1. The summed E-state index contributed by atoms with van der Waals surface area (Å²) in [6, 6.07) is 7.60. The number of hydrogen-bond donors (Lipinski definition) is 1. The molecule has 2 fully saturated rings. The van der Waals surface area contributed by atoms with E-state index in [1.54, 1.807) is 0 Å². The molecule has 0 aliphatic carbocycles. The van der Waals surface area contributed by atoms with Crippen molar-refractivity contribution in [2.45, 2.75) is 39.5 Å². The zero-order valence-electron chi connectivity index (χ0n) is 18.2. The molecule has 3 rings (SSSR count). The number of nitrogens with zero attached hydrogens (tertiary/aromatic N) is 3. The fraction of sp³-hybridized carbons (Fsp3) is 0.609. The van der Waals surface area contributed by atoms with Gasteiger partial charge in [-0.2, -0.15) is 0 Å². The maximum atomic E-state index is 12.9. The van der Waals surface area contributed by atoms with E-state index in [0.29, 0.717) is 50.6 Å². The lowest BCUT2D eigenvalue weighted by atomic mass is 9.97. The standard InChI is InChI=1S/C23H34N4O3/c1-17(2)5-10-21(28)25-12-14-26(15-13-25)23(30)18-6-8-20(9-7-18)27-11-3-4-19(16-27)22(24)29/h6-9,17,19H,3-5,10-16H2,1-2H3,(H2,24,29)/t19-/m0/s1. The summed E-state index contributed by atoms with van der Waals surface area (Å²) in [5.74, 6) is 0.361. The molecule has 0 saturated carbocycles. The number of rotatable bonds is 6. The number of nitrogens with two attached hydrogens (primary N) is 1. The highest BCUT2D eigenvalue weighted by Gasteiger charge is 2.26. The molecular formula is C23H34N4O3. The summed E-state index contributed by atoms with van der Waals surface area (Å²) >= 11 is 0. The van der Waals surface area contributed by atoms with Gasteiger partial charge in [-0.05, 0) is 49.4 Å². The summed E-state index contributed by atoms with van der Waals surface area (Å²) in [4.78, 5) is 42.5. The number of carbonyl (C=O) groups excluding carboxylic acids is 3. The van der Waals surface area contributed by atoms with Crippen LogP contribution in [0.15, 0.2) is 24.3 Å². The van der Waals surface area contributed by atoms with Gasteiger partial charge in [-0.3, -0.25) is 14.4 Å². The third-order valence-corrected chi connectivity index (χ3v) is 6.16. The maximum absolute atomic E-state index is 12.9. The first-order valence-corrected chi connectivity index (χ1v) is 11.1. The smallest absolute Gasteiger partial charge is 0.253 e. The first kappa shape index (κ1) is 22.1. The van der Waals surface area contributed by atoms with Crippen LogP contribution in [-0.4, -0.2) is 66.8 Å². The van der Waals surface area contributed by atoms with E-state index >= 15 is 0 Å². The van der Waals surface area contributed by atoms with Gasteiger partial charge in [0.1, 0.15) is 0 Å². The molecule has 2 heterocycles. The Morgan fingerprint density at radius 2 is 1.63 bits per heavy atom. The molecule has 7 nitrogen and oxygen atoms in total. The van der Waals surface area contributed by atoms with Gasteiger partial charge in [0.25, 0.3) is 5.91 Å². The van der Waals surface area contributed by atoms with Crippen LogP contribution >= 0.6 is 0 Å². The lowest BCUT2D eigenvalue weighted by molar-refractivity contribution is -0.133. The summed E-state index contributed by atoms with van der Waals surface area (Å²) < 4.78 is 0. The number of piperidine rings is 1. The van der Waals surface area contributed by atoms with Gasteiger partial charge in [-0.25, -0.2) is 0 Å². The number of hydrogen-bond acceptors (Lipinski definition) is 4. The van der Waals surface area contributed by atoms with E-state index in [9.17, 15) is 14.4 Å². The maximum Gasteiger partial charge on any atom is 0.253 e. The van der Waals surface area contributed by atoms with Crippen molar-refractivity contribution in [2.24, 2.45) is 17.6 Å². The molecule has 2 saturated heterocycles. The zero-order valence-corrected chi connectivity index (χ0v) is 18.2. The Morgan fingerprint density at radius 3 is 2.23 bits per heavy atom. The van der Waals surface area contributed by atoms with Crippen molar-refractivity contribution in [3.8, 4) is 0 Å². The second kappa shape index (κ2) is 9.96. The van der Waals surface area contributed by atoms with Crippen LogP contribution < -0.4 is 10.6 Å². The summed E-state index contributed by atoms with van der Waals surface area (Å²) in [5, 5.41) is 0. The number of benzene rings is 1.